The third kappa shape index (κ3) is 16.9. The summed E-state index contributed by atoms with van der Waals surface area (Å²) in [5, 5.41) is 64.6. The molecule has 1 amide bonds. The molecule has 3 aliphatic heterocycles. The molecule has 81 heavy (non-hydrogen) atoms. The Bertz CT molecular complexity index is 2340. The number of hydrogen-bond donors (Lipinski definition) is 5. The molecule has 0 aliphatic carbocycles. The van der Waals surface area contributed by atoms with E-state index in [0.717, 1.165) is 44.9 Å². The van der Waals surface area contributed by atoms with E-state index in [4.69, 9.17) is 28.4 Å². The minimum Gasteiger partial charge on any atom is -0.459 e. The second kappa shape index (κ2) is 30.1. The number of cyclic esters (lactones) is 1. The van der Waals surface area contributed by atoms with Gasteiger partial charge in [0.15, 0.2) is 12.6 Å². The minimum atomic E-state index is -2.01. The Balaban J connectivity index is 1.18. The number of methoxy groups -OCH3 is 1. The number of aliphatic hydroxyl groups excluding tert-OH is 3. The summed E-state index contributed by atoms with van der Waals surface area (Å²) in [6, 6.07) is 29.3. The van der Waals surface area contributed by atoms with Crippen molar-refractivity contribution in [2.75, 3.05) is 27.7 Å². The van der Waals surface area contributed by atoms with Crippen molar-refractivity contribution < 1.29 is 63.5 Å². The van der Waals surface area contributed by atoms with Gasteiger partial charge in [0.2, 0.25) is 5.91 Å². The number of rotatable bonds is 20. The van der Waals surface area contributed by atoms with Crippen molar-refractivity contribution in [3.05, 3.63) is 90.5 Å². The topological polar surface area (TPSA) is 197 Å². The van der Waals surface area contributed by atoms with Gasteiger partial charge in [0.05, 0.1) is 47.6 Å². The van der Waals surface area contributed by atoms with Crippen LogP contribution in [-0.4, -0.2) is 165 Å². The van der Waals surface area contributed by atoms with Crippen LogP contribution in [0.3, 0.4) is 0 Å². The highest BCUT2D eigenvalue weighted by Gasteiger charge is 2.53. The Hall–Kier alpha value is -3.41. The molecule has 454 valence electrons. The second-order valence-corrected chi connectivity index (χ2v) is 27.1. The smallest absolute Gasteiger partial charge is 0.311 e. The van der Waals surface area contributed by atoms with Gasteiger partial charge in [-0.25, -0.2) is 0 Å². The number of nitrogens with zero attached hydrogens (tertiary/aromatic N) is 2. The van der Waals surface area contributed by atoms with Gasteiger partial charge in [-0.1, -0.05) is 138 Å². The number of aryl methyl sites for hydroxylation is 1. The normalized spacial score (nSPS) is 35.8. The number of benzene rings is 3. The molecular formula is C65H101N2O13P. The monoisotopic (exact) mass is 1150 g/mol. The number of esters is 1. The van der Waals surface area contributed by atoms with E-state index >= 15 is 0 Å². The van der Waals surface area contributed by atoms with Crippen LogP contribution >= 0.6 is 7.92 Å². The second-order valence-electron chi connectivity index (χ2n) is 24.9. The number of ether oxygens (including phenoxy) is 6. The van der Waals surface area contributed by atoms with Gasteiger partial charge < -0.3 is 63.8 Å². The minimum absolute atomic E-state index is 0.0711. The van der Waals surface area contributed by atoms with E-state index in [-0.39, 0.29) is 50.3 Å². The van der Waals surface area contributed by atoms with Gasteiger partial charge in [0, 0.05) is 38.5 Å². The number of amides is 1. The lowest BCUT2D eigenvalue weighted by atomic mass is 9.77. The molecule has 0 aromatic heterocycles. The van der Waals surface area contributed by atoms with Crippen molar-refractivity contribution in [1.29, 1.82) is 0 Å². The largest absolute Gasteiger partial charge is 0.459 e. The Morgan fingerprint density at radius 3 is 1.94 bits per heavy atom. The van der Waals surface area contributed by atoms with E-state index in [1.165, 1.54) is 35.5 Å². The van der Waals surface area contributed by atoms with E-state index < -0.39 is 110 Å². The molecule has 5 N–H and O–H groups in total. The lowest BCUT2D eigenvalue weighted by Gasteiger charge is -2.48. The maximum Gasteiger partial charge on any atom is 0.311 e. The predicted octanol–water partition coefficient (Wildman–Crippen LogP) is 7.92. The van der Waals surface area contributed by atoms with E-state index in [1.54, 1.807) is 53.4 Å². The van der Waals surface area contributed by atoms with Gasteiger partial charge in [0.25, 0.3) is 0 Å². The molecule has 16 heteroatoms. The fraction of sp³-hybridized carbons (Fsp3) is 0.692. The summed E-state index contributed by atoms with van der Waals surface area (Å²) in [6.07, 6.45) is -1.47. The Morgan fingerprint density at radius 2 is 1.35 bits per heavy atom. The quantitative estimate of drug-likeness (QED) is 0.0416. The molecule has 0 radical (unpaired) electrons. The summed E-state index contributed by atoms with van der Waals surface area (Å²) in [7, 11) is 4.58. The number of aliphatic hydroxyl groups is 5. The molecule has 6 rings (SSSR count). The van der Waals surface area contributed by atoms with Crippen LogP contribution in [0.15, 0.2) is 84.9 Å². The lowest BCUT2D eigenvalue weighted by Crippen LogP contribution is -2.60. The fourth-order valence-corrected chi connectivity index (χ4v) is 15.5. The third-order valence-corrected chi connectivity index (χ3v) is 20.4. The van der Waals surface area contributed by atoms with Crippen LogP contribution < -0.4 is 15.9 Å². The highest BCUT2D eigenvalue weighted by molar-refractivity contribution is 7.79. The van der Waals surface area contributed by atoms with E-state index in [0.29, 0.717) is 12.8 Å². The maximum atomic E-state index is 14.7. The molecule has 18 atom stereocenters. The summed E-state index contributed by atoms with van der Waals surface area (Å²) in [6.45, 7) is 17.4. The molecule has 3 heterocycles. The van der Waals surface area contributed by atoms with E-state index in [1.807, 2.05) is 32.8 Å². The number of carbonyl (C=O) groups is 2. The molecular weight excluding hydrogens is 1050 g/mol. The van der Waals surface area contributed by atoms with E-state index in [9.17, 15) is 35.1 Å². The van der Waals surface area contributed by atoms with Gasteiger partial charge >= 0.3 is 5.97 Å². The zero-order valence-electron chi connectivity index (χ0n) is 51.0. The van der Waals surface area contributed by atoms with Crippen molar-refractivity contribution in [2.45, 2.75) is 243 Å². The van der Waals surface area contributed by atoms with Crippen LogP contribution in [0.4, 0.5) is 0 Å². The van der Waals surface area contributed by atoms with Gasteiger partial charge in [-0.3, -0.25) is 9.59 Å². The van der Waals surface area contributed by atoms with Crippen LogP contribution in [0, 0.1) is 17.8 Å². The molecule has 0 bridgehead atoms. The van der Waals surface area contributed by atoms with Crippen molar-refractivity contribution >= 4 is 35.7 Å². The van der Waals surface area contributed by atoms with E-state index in [2.05, 4.69) is 84.9 Å². The molecule has 15 nitrogen and oxygen atoms in total. The van der Waals surface area contributed by atoms with Crippen molar-refractivity contribution in [3.63, 3.8) is 0 Å². The Morgan fingerprint density at radius 1 is 0.765 bits per heavy atom. The van der Waals surface area contributed by atoms with Crippen LogP contribution in [0.25, 0.3) is 0 Å². The summed E-state index contributed by atoms with van der Waals surface area (Å²) < 4.78 is 38.3. The van der Waals surface area contributed by atoms with Crippen molar-refractivity contribution in [2.24, 2.45) is 17.8 Å². The Kier molecular flexibility index (Phi) is 24.8. The molecule has 0 unspecified atom stereocenters. The van der Waals surface area contributed by atoms with Gasteiger partial charge in [-0.2, -0.15) is 0 Å². The van der Waals surface area contributed by atoms with Crippen molar-refractivity contribution in [3.8, 4) is 0 Å². The average molecular weight is 1150 g/mol. The lowest BCUT2D eigenvalue weighted by molar-refractivity contribution is -0.318. The number of likely N-dealkylation sites (N-methyl/N-ethyl adjacent to an activating group) is 1. The zero-order chi connectivity index (χ0) is 59.4. The van der Waals surface area contributed by atoms with Crippen LogP contribution in [0.2, 0.25) is 0 Å². The van der Waals surface area contributed by atoms with Crippen LogP contribution in [-0.2, 0) is 44.4 Å². The highest BCUT2D eigenvalue weighted by Crippen LogP contribution is 2.41. The first-order chi connectivity index (χ1) is 38.3. The SMILES string of the molecule is CC[C@H]1OC(=O)[C@H](C)[C@@H](O[C@H]2C[C@@](C)(OC)[C@@H](O)[C@H](C)O2)[C@H](C)[C@@H](O[C@@H]2O[C@H](C)C[C@H](N(C)C)[C@H]2O)[C@](C)(O)C[C@@H](C)CN(C(=O)CCCCCCCCCc2ccccc2P(c2ccccc2)c2ccccc2)[C@H](C)[C@@H](O)[C@]1(C)O. The highest BCUT2D eigenvalue weighted by atomic mass is 31.1. The summed E-state index contributed by atoms with van der Waals surface area (Å²) in [4.78, 5) is 32.8. The molecule has 3 aromatic carbocycles. The third-order valence-electron chi connectivity index (χ3n) is 17.8. The summed E-state index contributed by atoms with van der Waals surface area (Å²) in [5.74, 6) is -3.28. The molecule has 0 spiro atoms. The zero-order valence-corrected chi connectivity index (χ0v) is 51.9. The van der Waals surface area contributed by atoms with Gasteiger partial charge in [-0.15, -0.1) is 0 Å². The molecule has 3 aliphatic rings. The molecule has 3 aromatic rings. The first kappa shape index (κ1) is 66.7. The molecule has 3 fully saturated rings. The van der Waals surface area contributed by atoms with Gasteiger partial charge in [0.1, 0.15) is 30.0 Å². The number of carbonyl (C=O) groups excluding carboxylic acids is 2. The average Bonchev–Trinajstić information content (AvgIpc) is 3.45. The van der Waals surface area contributed by atoms with Gasteiger partial charge in [-0.05, 0) is 136 Å². The van der Waals surface area contributed by atoms with Crippen LogP contribution in [0.1, 0.15) is 152 Å². The Labute approximate surface area is 486 Å². The molecule has 3 saturated heterocycles. The number of hydrogen-bond acceptors (Lipinski definition) is 14. The fourth-order valence-electron chi connectivity index (χ4n) is 13.0. The molecule has 0 saturated carbocycles. The summed E-state index contributed by atoms with van der Waals surface area (Å²) >= 11 is 0. The van der Waals surface area contributed by atoms with Crippen LogP contribution in [0.5, 0.6) is 0 Å². The number of unbranched alkanes of at least 4 members (excludes halogenated alkanes) is 6. The first-order valence-electron chi connectivity index (χ1n) is 30.1. The first-order valence-corrected chi connectivity index (χ1v) is 31.5. The standard InChI is InChI=1S/C65H101N2O13P/c1-14-53-65(10,74)58(70)46(6)67(54(68)37-27-19-17-15-16-18-22-30-48-31-28-29-36-52(48)81(49-32-23-20-24-33-49)50-34-25-21-26-35-50)41-42(2)39-63(8,73)60(80-62-56(69)51(66(11)12)38-43(3)76-62)44(4)57(45(5)61(72)78-53)79-55-40-64(9,75-13)59(71)47(7)77-55/h20-21,23-26,28-29,31-36,42-47,51,53,55-60,62,69-71,73-74H,14-19,22,27,30,37-41H2,1-13H3/t42-,43-,44+,45-,46-,47+,51+,53-,55+,56-,57+,58-,59+,60-,62+,63-,64-,65-/m1/s1. The maximum absolute atomic E-state index is 14.7. The van der Waals surface area contributed by atoms with Crippen molar-refractivity contribution in [1.82, 2.24) is 9.80 Å². The predicted molar refractivity (Wildman–Crippen MR) is 319 cm³/mol. The summed E-state index contributed by atoms with van der Waals surface area (Å²) in [5.41, 5.74) is -3.40.